The van der Waals surface area contributed by atoms with Crippen molar-refractivity contribution in [2.75, 3.05) is 14.2 Å². The number of carbonyl (C=O) groups excluding carboxylic acids is 1. The molecule has 7 heteroatoms. The summed E-state index contributed by atoms with van der Waals surface area (Å²) in [6, 6.07) is 7.54. The molecule has 0 spiro atoms. The summed E-state index contributed by atoms with van der Waals surface area (Å²) in [7, 11) is 3.39. The number of methoxy groups -OCH3 is 1. The fourth-order valence-corrected chi connectivity index (χ4v) is 3.45. The molecule has 6 nitrogen and oxygen atoms in total. The molecule has 0 saturated heterocycles. The number of hydrogen-bond acceptors (Lipinski definition) is 5. The van der Waals surface area contributed by atoms with E-state index in [-0.39, 0.29) is 5.91 Å². The van der Waals surface area contributed by atoms with E-state index in [1.165, 1.54) is 0 Å². The van der Waals surface area contributed by atoms with E-state index in [2.05, 4.69) is 29.0 Å². The number of carbonyl (C=O) groups is 1. The minimum Gasteiger partial charge on any atom is -0.497 e. The molecule has 1 amide bonds. The van der Waals surface area contributed by atoms with Crippen molar-refractivity contribution in [1.82, 2.24) is 20.1 Å². The molecule has 2 aromatic heterocycles. The Balaban J connectivity index is 1.80. The zero-order chi connectivity index (χ0) is 18.7. The van der Waals surface area contributed by atoms with Crippen LogP contribution in [-0.4, -0.2) is 40.1 Å². The van der Waals surface area contributed by atoms with E-state index in [1.54, 1.807) is 36.6 Å². The third kappa shape index (κ3) is 3.77. The normalized spacial score (nSPS) is 11.0. The quantitative estimate of drug-likeness (QED) is 0.713. The molecule has 0 saturated carbocycles. The molecule has 0 unspecified atom stereocenters. The van der Waals surface area contributed by atoms with E-state index < -0.39 is 0 Å². The topological polar surface area (TPSA) is 71.1 Å². The van der Waals surface area contributed by atoms with Gasteiger partial charge < -0.3 is 9.64 Å². The van der Waals surface area contributed by atoms with Crippen molar-refractivity contribution in [2.24, 2.45) is 0 Å². The van der Waals surface area contributed by atoms with Crippen molar-refractivity contribution in [3.8, 4) is 17.0 Å². The van der Waals surface area contributed by atoms with Crippen LogP contribution >= 0.6 is 11.3 Å². The van der Waals surface area contributed by atoms with Gasteiger partial charge in [0, 0.05) is 23.9 Å². The van der Waals surface area contributed by atoms with Crippen LogP contribution in [0.4, 0.5) is 0 Å². The number of aromatic amines is 1. The highest BCUT2D eigenvalue weighted by Crippen LogP contribution is 2.26. The molecular weight excluding hydrogens is 348 g/mol. The van der Waals surface area contributed by atoms with Crippen LogP contribution in [0.5, 0.6) is 5.75 Å². The predicted molar refractivity (Wildman–Crippen MR) is 103 cm³/mol. The molecule has 0 aliphatic rings. The number of hydrogen-bond donors (Lipinski definition) is 1. The number of benzene rings is 1. The Morgan fingerprint density at radius 1 is 1.38 bits per heavy atom. The molecule has 1 aromatic carbocycles. The van der Waals surface area contributed by atoms with Crippen LogP contribution in [0.15, 0.2) is 35.8 Å². The summed E-state index contributed by atoms with van der Waals surface area (Å²) in [5.41, 5.74) is 2.97. The molecule has 0 aliphatic carbocycles. The fourth-order valence-electron chi connectivity index (χ4n) is 2.63. The van der Waals surface area contributed by atoms with Crippen LogP contribution in [0.3, 0.4) is 0 Å². The standard InChI is InChI=1S/C19H22N4O2S/c1-12(2)18-21-14(11-26-18)10-23(3)19(24)16-9-20-22-17(16)13-6-5-7-15(8-13)25-4/h5-9,11-12H,10H2,1-4H3,(H,20,22). The molecule has 3 aromatic rings. The van der Waals surface area contributed by atoms with Gasteiger partial charge in [-0.05, 0) is 12.1 Å². The third-order valence-corrected chi connectivity index (χ3v) is 5.23. The zero-order valence-electron chi connectivity index (χ0n) is 15.3. The molecule has 0 aliphatic heterocycles. The zero-order valence-corrected chi connectivity index (χ0v) is 16.1. The fraction of sp³-hybridized carbons (Fsp3) is 0.316. The Labute approximate surface area is 156 Å². The van der Waals surface area contributed by atoms with Crippen LogP contribution in [0.1, 0.15) is 40.8 Å². The Kier molecular flexibility index (Phi) is 5.37. The number of nitrogens with zero attached hydrogens (tertiary/aromatic N) is 3. The van der Waals surface area contributed by atoms with Crippen LogP contribution in [0, 0.1) is 0 Å². The molecule has 0 radical (unpaired) electrons. The highest BCUT2D eigenvalue weighted by Gasteiger charge is 2.20. The maximum Gasteiger partial charge on any atom is 0.257 e. The van der Waals surface area contributed by atoms with Gasteiger partial charge in [-0.1, -0.05) is 26.0 Å². The molecule has 26 heavy (non-hydrogen) atoms. The average molecular weight is 370 g/mol. The highest BCUT2D eigenvalue weighted by molar-refractivity contribution is 7.09. The molecular formula is C19H22N4O2S. The molecule has 0 bridgehead atoms. The third-order valence-electron chi connectivity index (χ3n) is 4.04. The molecule has 2 heterocycles. The maximum atomic E-state index is 12.9. The second kappa shape index (κ2) is 7.70. The van der Waals surface area contributed by atoms with E-state index >= 15 is 0 Å². The Morgan fingerprint density at radius 2 is 2.19 bits per heavy atom. The average Bonchev–Trinajstić information content (AvgIpc) is 3.30. The lowest BCUT2D eigenvalue weighted by molar-refractivity contribution is 0.0784. The van der Waals surface area contributed by atoms with Gasteiger partial charge in [0.1, 0.15) is 5.75 Å². The number of H-pyrrole nitrogens is 1. The molecule has 136 valence electrons. The van der Waals surface area contributed by atoms with E-state index in [0.29, 0.717) is 23.7 Å². The Bertz CT molecular complexity index is 900. The summed E-state index contributed by atoms with van der Waals surface area (Å²) in [6.07, 6.45) is 1.56. The summed E-state index contributed by atoms with van der Waals surface area (Å²) in [5, 5.41) is 10.1. The number of ether oxygens (including phenoxy) is 1. The number of aromatic nitrogens is 3. The van der Waals surface area contributed by atoms with Gasteiger partial charge in [0.05, 0.1) is 41.8 Å². The minimum absolute atomic E-state index is 0.101. The predicted octanol–water partition coefficient (Wildman–Crippen LogP) is 3.94. The van der Waals surface area contributed by atoms with Crippen LogP contribution < -0.4 is 4.74 Å². The first kappa shape index (κ1) is 18.1. The van der Waals surface area contributed by atoms with Crippen molar-refractivity contribution >= 4 is 17.2 Å². The first-order valence-electron chi connectivity index (χ1n) is 8.37. The van der Waals surface area contributed by atoms with Crippen LogP contribution in [0.2, 0.25) is 0 Å². The smallest absolute Gasteiger partial charge is 0.257 e. The van der Waals surface area contributed by atoms with Crippen molar-refractivity contribution in [3.63, 3.8) is 0 Å². The van der Waals surface area contributed by atoms with Gasteiger partial charge in [-0.25, -0.2) is 4.98 Å². The van der Waals surface area contributed by atoms with Crippen molar-refractivity contribution in [2.45, 2.75) is 26.3 Å². The lowest BCUT2D eigenvalue weighted by atomic mass is 10.1. The Morgan fingerprint density at radius 3 is 2.88 bits per heavy atom. The first-order valence-corrected chi connectivity index (χ1v) is 9.25. The van der Waals surface area contributed by atoms with Gasteiger partial charge in [-0.15, -0.1) is 11.3 Å². The van der Waals surface area contributed by atoms with E-state index in [4.69, 9.17) is 4.74 Å². The van der Waals surface area contributed by atoms with Crippen molar-refractivity contribution in [3.05, 3.63) is 52.1 Å². The number of thiazole rings is 1. The van der Waals surface area contributed by atoms with Crippen molar-refractivity contribution in [1.29, 1.82) is 0 Å². The van der Waals surface area contributed by atoms with Crippen LogP contribution in [0.25, 0.3) is 11.3 Å². The van der Waals surface area contributed by atoms with E-state index in [9.17, 15) is 4.79 Å². The molecule has 0 atom stereocenters. The van der Waals surface area contributed by atoms with Gasteiger partial charge in [-0.2, -0.15) is 5.10 Å². The van der Waals surface area contributed by atoms with Crippen LogP contribution in [-0.2, 0) is 6.54 Å². The second-order valence-corrected chi connectivity index (χ2v) is 7.27. The number of amides is 1. The maximum absolute atomic E-state index is 12.9. The van der Waals surface area contributed by atoms with Gasteiger partial charge >= 0.3 is 0 Å². The SMILES string of the molecule is COc1cccc(-c2[nH]ncc2C(=O)N(C)Cc2csc(C(C)C)n2)c1. The monoisotopic (exact) mass is 370 g/mol. The summed E-state index contributed by atoms with van der Waals surface area (Å²) < 4.78 is 5.26. The van der Waals surface area contributed by atoms with E-state index in [1.807, 2.05) is 29.6 Å². The van der Waals surface area contributed by atoms with Crippen molar-refractivity contribution < 1.29 is 9.53 Å². The lowest BCUT2D eigenvalue weighted by Crippen LogP contribution is -2.26. The molecule has 3 rings (SSSR count). The summed E-state index contributed by atoms with van der Waals surface area (Å²) in [5.74, 6) is 1.02. The number of nitrogens with one attached hydrogen (secondary N) is 1. The van der Waals surface area contributed by atoms with E-state index in [0.717, 1.165) is 22.0 Å². The highest BCUT2D eigenvalue weighted by atomic mass is 32.1. The Hall–Kier alpha value is -2.67. The lowest BCUT2D eigenvalue weighted by Gasteiger charge is -2.16. The minimum atomic E-state index is -0.101. The van der Waals surface area contributed by atoms with Gasteiger partial charge in [0.15, 0.2) is 0 Å². The largest absolute Gasteiger partial charge is 0.497 e. The molecule has 0 fully saturated rings. The molecule has 1 N–H and O–H groups in total. The van der Waals surface area contributed by atoms with Gasteiger partial charge in [0.2, 0.25) is 0 Å². The summed E-state index contributed by atoms with van der Waals surface area (Å²) in [4.78, 5) is 19.2. The van der Waals surface area contributed by atoms with Gasteiger partial charge in [-0.3, -0.25) is 9.89 Å². The van der Waals surface area contributed by atoms with Gasteiger partial charge in [0.25, 0.3) is 5.91 Å². The second-order valence-electron chi connectivity index (χ2n) is 6.38. The first-order chi connectivity index (χ1) is 12.5. The summed E-state index contributed by atoms with van der Waals surface area (Å²) in [6.45, 7) is 4.69. The number of rotatable bonds is 6. The summed E-state index contributed by atoms with van der Waals surface area (Å²) >= 11 is 1.63.